The summed E-state index contributed by atoms with van der Waals surface area (Å²) in [5, 5.41) is 0. The topological polar surface area (TPSA) is 66.6 Å². The minimum Gasteiger partial charge on any atom is -0.389 e. The number of likely N-dealkylation sites (N-methyl/N-ethyl adjacent to an activating group) is 1. The summed E-state index contributed by atoms with van der Waals surface area (Å²) < 4.78 is 26.8. The summed E-state index contributed by atoms with van der Waals surface area (Å²) in [6.07, 6.45) is 0.775. The number of hydrogen-bond acceptors (Lipinski definition) is 4. The van der Waals surface area contributed by atoms with E-state index in [0.29, 0.717) is 25.2 Å². The SMILES string of the molecule is CCCN(CCN(C)C)S(=O)(=O)c1ccc(C(N)=S)cc1. The van der Waals surface area contributed by atoms with Crippen molar-refractivity contribution in [3.8, 4) is 0 Å². The van der Waals surface area contributed by atoms with E-state index in [1.807, 2.05) is 25.9 Å². The summed E-state index contributed by atoms with van der Waals surface area (Å²) in [7, 11) is 0.370. The van der Waals surface area contributed by atoms with Crippen molar-refractivity contribution in [3.05, 3.63) is 29.8 Å². The molecule has 0 heterocycles. The molecule has 0 aliphatic rings. The minimum atomic E-state index is -3.48. The maximum absolute atomic E-state index is 12.7. The van der Waals surface area contributed by atoms with Crippen molar-refractivity contribution >= 4 is 27.2 Å². The molecule has 0 unspecified atom stereocenters. The molecule has 0 fully saturated rings. The predicted octanol–water partition coefficient (Wildman–Crippen LogP) is 1.28. The molecular formula is C14H23N3O2S2. The lowest BCUT2D eigenvalue weighted by atomic mass is 10.2. The van der Waals surface area contributed by atoms with Crippen LogP contribution in [0.4, 0.5) is 0 Å². The van der Waals surface area contributed by atoms with Crippen LogP contribution in [-0.4, -0.2) is 56.3 Å². The number of hydrogen-bond donors (Lipinski definition) is 1. The van der Waals surface area contributed by atoms with Gasteiger partial charge in [0.25, 0.3) is 0 Å². The third-order valence-corrected chi connectivity index (χ3v) is 5.19. The first kappa shape index (κ1) is 18.0. The van der Waals surface area contributed by atoms with E-state index in [-0.39, 0.29) is 9.88 Å². The van der Waals surface area contributed by atoms with Crippen molar-refractivity contribution < 1.29 is 8.42 Å². The molecule has 0 aromatic heterocycles. The van der Waals surface area contributed by atoms with Crippen molar-refractivity contribution in [2.45, 2.75) is 18.2 Å². The Hall–Kier alpha value is -1.02. The number of nitrogens with two attached hydrogens (primary N) is 1. The largest absolute Gasteiger partial charge is 0.389 e. The van der Waals surface area contributed by atoms with Crippen LogP contribution < -0.4 is 5.73 Å². The maximum atomic E-state index is 12.7. The van der Waals surface area contributed by atoms with E-state index in [1.165, 1.54) is 4.31 Å². The second kappa shape index (κ2) is 7.84. The lowest BCUT2D eigenvalue weighted by Gasteiger charge is -2.23. The molecule has 1 aromatic carbocycles. The smallest absolute Gasteiger partial charge is 0.243 e. The van der Waals surface area contributed by atoms with Gasteiger partial charge >= 0.3 is 0 Å². The number of sulfonamides is 1. The van der Waals surface area contributed by atoms with E-state index in [9.17, 15) is 8.42 Å². The normalized spacial score (nSPS) is 12.0. The van der Waals surface area contributed by atoms with Crippen molar-refractivity contribution in [2.75, 3.05) is 33.7 Å². The molecule has 0 spiro atoms. The molecule has 118 valence electrons. The van der Waals surface area contributed by atoms with Gasteiger partial charge in [0, 0.05) is 25.2 Å². The Balaban J connectivity index is 3.01. The van der Waals surface area contributed by atoms with Gasteiger partial charge in [0.15, 0.2) is 0 Å². The molecule has 2 N–H and O–H groups in total. The average Bonchev–Trinajstić information content (AvgIpc) is 2.43. The maximum Gasteiger partial charge on any atom is 0.243 e. The van der Waals surface area contributed by atoms with E-state index in [1.54, 1.807) is 24.3 Å². The highest BCUT2D eigenvalue weighted by molar-refractivity contribution is 7.89. The molecule has 0 aliphatic carbocycles. The molecule has 0 amide bonds. The van der Waals surface area contributed by atoms with Gasteiger partial charge in [-0.1, -0.05) is 31.3 Å². The van der Waals surface area contributed by atoms with Gasteiger partial charge in [0.05, 0.1) is 4.90 Å². The molecule has 0 atom stereocenters. The minimum absolute atomic E-state index is 0.261. The lowest BCUT2D eigenvalue weighted by Crippen LogP contribution is -2.37. The molecule has 0 bridgehead atoms. The molecule has 1 aromatic rings. The molecule has 0 aliphatic heterocycles. The van der Waals surface area contributed by atoms with Crippen LogP contribution in [0.15, 0.2) is 29.2 Å². The van der Waals surface area contributed by atoms with Gasteiger partial charge in [-0.3, -0.25) is 0 Å². The highest BCUT2D eigenvalue weighted by Crippen LogP contribution is 2.17. The lowest BCUT2D eigenvalue weighted by molar-refractivity contribution is 0.333. The first-order valence-corrected chi connectivity index (χ1v) is 8.68. The van der Waals surface area contributed by atoms with Crippen LogP contribution in [0.2, 0.25) is 0 Å². The Labute approximate surface area is 132 Å². The van der Waals surface area contributed by atoms with E-state index in [0.717, 1.165) is 6.42 Å². The van der Waals surface area contributed by atoms with Crippen molar-refractivity contribution in [1.82, 2.24) is 9.21 Å². The van der Waals surface area contributed by atoms with Crippen LogP contribution in [0.3, 0.4) is 0 Å². The van der Waals surface area contributed by atoms with Crippen LogP contribution in [0, 0.1) is 0 Å². The monoisotopic (exact) mass is 329 g/mol. The van der Waals surface area contributed by atoms with Crippen LogP contribution >= 0.6 is 12.2 Å². The van der Waals surface area contributed by atoms with Crippen molar-refractivity contribution in [1.29, 1.82) is 0 Å². The summed E-state index contributed by atoms with van der Waals surface area (Å²) in [5.41, 5.74) is 6.19. The Kier molecular flexibility index (Phi) is 6.73. The summed E-state index contributed by atoms with van der Waals surface area (Å²) in [5.74, 6) is 0. The third-order valence-electron chi connectivity index (χ3n) is 3.05. The third kappa shape index (κ3) is 5.03. The first-order valence-electron chi connectivity index (χ1n) is 6.83. The molecular weight excluding hydrogens is 306 g/mol. The second-order valence-corrected chi connectivity index (χ2v) is 7.47. The molecule has 21 heavy (non-hydrogen) atoms. The quantitative estimate of drug-likeness (QED) is 0.728. The van der Waals surface area contributed by atoms with Gasteiger partial charge in [-0.25, -0.2) is 8.42 Å². The molecule has 1 rings (SSSR count). The summed E-state index contributed by atoms with van der Waals surface area (Å²) >= 11 is 4.87. The zero-order valence-corrected chi connectivity index (χ0v) is 14.4. The van der Waals surface area contributed by atoms with Gasteiger partial charge in [-0.2, -0.15) is 4.31 Å². The van der Waals surface area contributed by atoms with Gasteiger partial charge in [0.1, 0.15) is 4.99 Å². The van der Waals surface area contributed by atoms with E-state index < -0.39 is 10.0 Å². The molecule has 7 heteroatoms. The molecule has 0 saturated heterocycles. The first-order chi connectivity index (χ1) is 9.78. The molecule has 5 nitrogen and oxygen atoms in total. The number of rotatable bonds is 8. The Morgan fingerprint density at radius 3 is 2.14 bits per heavy atom. The van der Waals surface area contributed by atoms with Crippen LogP contribution in [0.5, 0.6) is 0 Å². The van der Waals surface area contributed by atoms with Gasteiger partial charge in [0.2, 0.25) is 10.0 Å². The Bertz CT molecular complexity index is 568. The van der Waals surface area contributed by atoms with Crippen molar-refractivity contribution in [3.63, 3.8) is 0 Å². The van der Waals surface area contributed by atoms with Gasteiger partial charge in [-0.15, -0.1) is 0 Å². The highest BCUT2D eigenvalue weighted by Gasteiger charge is 2.23. The van der Waals surface area contributed by atoms with Crippen LogP contribution in [0.1, 0.15) is 18.9 Å². The summed E-state index contributed by atoms with van der Waals surface area (Å²) in [6, 6.07) is 6.40. The number of benzene rings is 1. The molecule has 0 saturated carbocycles. The standard InChI is InChI=1S/C14H23N3O2S2/c1-4-9-17(11-10-16(2)3)21(18,19)13-7-5-12(6-8-13)14(15)20/h5-8H,4,9-11H2,1-3H3,(H2,15,20). The van der Waals surface area contributed by atoms with E-state index >= 15 is 0 Å². The van der Waals surface area contributed by atoms with Crippen molar-refractivity contribution in [2.24, 2.45) is 5.73 Å². The fourth-order valence-electron chi connectivity index (χ4n) is 1.85. The molecule has 0 radical (unpaired) electrons. The zero-order chi connectivity index (χ0) is 16.0. The number of nitrogens with zero attached hydrogens (tertiary/aromatic N) is 2. The van der Waals surface area contributed by atoms with Gasteiger partial charge in [-0.05, 0) is 32.6 Å². The fraction of sp³-hybridized carbons (Fsp3) is 0.500. The summed E-state index contributed by atoms with van der Waals surface area (Å²) in [4.78, 5) is 2.50. The summed E-state index contributed by atoms with van der Waals surface area (Å²) in [6.45, 7) is 3.63. The highest BCUT2D eigenvalue weighted by atomic mass is 32.2. The zero-order valence-electron chi connectivity index (χ0n) is 12.7. The second-order valence-electron chi connectivity index (χ2n) is 5.10. The Morgan fingerprint density at radius 2 is 1.71 bits per heavy atom. The van der Waals surface area contributed by atoms with Gasteiger partial charge < -0.3 is 10.6 Å². The fourth-order valence-corrected chi connectivity index (χ4v) is 3.51. The van der Waals surface area contributed by atoms with E-state index in [4.69, 9.17) is 18.0 Å². The Morgan fingerprint density at radius 1 is 1.14 bits per heavy atom. The number of thiocarbonyl (C=S) groups is 1. The van der Waals surface area contributed by atoms with E-state index in [2.05, 4.69) is 0 Å². The van der Waals surface area contributed by atoms with Crippen LogP contribution in [0.25, 0.3) is 0 Å². The predicted molar refractivity (Wildman–Crippen MR) is 89.9 cm³/mol. The van der Waals surface area contributed by atoms with Crippen LogP contribution in [-0.2, 0) is 10.0 Å². The average molecular weight is 329 g/mol.